The highest BCUT2D eigenvalue weighted by Crippen LogP contribution is 2.30. The molecule has 0 bridgehead atoms. The minimum atomic E-state index is 0.376. The molecule has 0 saturated carbocycles. The van der Waals surface area contributed by atoms with Crippen molar-refractivity contribution in [2.24, 2.45) is 11.8 Å². The van der Waals surface area contributed by atoms with Crippen LogP contribution >= 0.6 is 0 Å². The molecule has 0 spiro atoms. The van der Waals surface area contributed by atoms with E-state index in [-0.39, 0.29) is 0 Å². The maximum absolute atomic E-state index is 11.6. The highest BCUT2D eigenvalue weighted by molar-refractivity contribution is 5.97. The first-order valence-electron chi connectivity index (χ1n) is 4.75. The van der Waals surface area contributed by atoms with E-state index >= 15 is 0 Å². The Bertz CT molecular complexity index is 223. The second kappa shape index (κ2) is 3.42. The topological polar surface area (TPSA) is 17.1 Å². The smallest absolute Gasteiger partial charge is 0.159 e. The summed E-state index contributed by atoms with van der Waals surface area (Å²) >= 11 is 0. The van der Waals surface area contributed by atoms with Gasteiger partial charge in [-0.05, 0) is 30.8 Å². The molecule has 1 nitrogen and oxygen atoms in total. The summed E-state index contributed by atoms with van der Waals surface area (Å²) in [6.45, 7) is 8.46. The van der Waals surface area contributed by atoms with Gasteiger partial charge < -0.3 is 0 Å². The Morgan fingerprint density at radius 1 is 1.33 bits per heavy atom. The summed E-state index contributed by atoms with van der Waals surface area (Å²) in [6, 6.07) is 0. The largest absolute Gasteiger partial charge is 0.295 e. The van der Waals surface area contributed by atoms with Crippen molar-refractivity contribution >= 4 is 5.78 Å². The summed E-state index contributed by atoms with van der Waals surface area (Å²) in [4.78, 5) is 11.6. The van der Waals surface area contributed by atoms with Crippen molar-refractivity contribution in [3.63, 3.8) is 0 Å². The predicted octanol–water partition coefficient (Wildman–Crippen LogP) is 2.96. The SMILES string of the molecule is CC1=C(C(C)C)C(=O)C[C@@H](C)C1. The molecule has 1 atom stereocenters. The number of carbonyl (C=O) groups is 1. The van der Waals surface area contributed by atoms with Crippen LogP contribution in [0, 0.1) is 11.8 Å². The van der Waals surface area contributed by atoms with Crippen LogP contribution in [0.15, 0.2) is 11.1 Å². The predicted molar refractivity (Wildman–Crippen MR) is 50.9 cm³/mol. The van der Waals surface area contributed by atoms with Gasteiger partial charge in [0, 0.05) is 6.42 Å². The maximum Gasteiger partial charge on any atom is 0.159 e. The number of Topliss-reactive ketones (excluding diaryl/α,β-unsaturated/α-hetero) is 1. The van der Waals surface area contributed by atoms with E-state index in [2.05, 4.69) is 27.7 Å². The molecule has 0 N–H and O–H groups in total. The number of allylic oxidation sites excluding steroid dienone is 2. The zero-order valence-corrected chi connectivity index (χ0v) is 8.48. The molecule has 0 unspecified atom stereocenters. The fourth-order valence-corrected chi connectivity index (χ4v) is 2.18. The Labute approximate surface area is 74.9 Å². The lowest BCUT2D eigenvalue weighted by atomic mass is 9.80. The molecule has 0 aromatic carbocycles. The van der Waals surface area contributed by atoms with E-state index < -0.39 is 0 Å². The standard InChI is InChI=1S/C11H18O/c1-7(2)11-9(4)5-8(3)6-10(11)12/h7-8H,5-6H2,1-4H3/t8-/m0/s1. The fourth-order valence-electron chi connectivity index (χ4n) is 2.18. The van der Waals surface area contributed by atoms with Crippen LogP contribution in [0.3, 0.4) is 0 Å². The molecule has 1 aliphatic rings. The summed E-state index contributed by atoms with van der Waals surface area (Å²) in [6.07, 6.45) is 1.87. The average molecular weight is 166 g/mol. The van der Waals surface area contributed by atoms with Crippen molar-refractivity contribution in [3.8, 4) is 0 Å². The molecule has 0 aromatic heterocycles. The molecular formula is C11H18O. The van der Waals surface area contributed by atoms with Crippen LogP contribution in [-0.4, -0.2) is 5.78 Å². The van der Waals surface area contributed by atoms with E-state index in [0.29, 0.717) is 17.6 Å². The third-order valence-electron chi connectivity index (χ3n) is 2.53. The summed E-state index contributed by atoms with van der Waals surface area (Å²) in [5.74, 6) is 1.34. The summed E-state index contributed by atoms with van der Waals surface area (Å²) < 4.78 is 0. The van der Waals surface area contributed by atoms with Gasteiger partial charge in [0.1, 0.15) is 0 Å². The minimum absolute atomic E-state index is 0.376. The summed E-state index contributed by atoms with van der Waals surface area (Å²) in [5.41, 5.74) is 2.40. The van der Waals surface area contributed by atoms with Gasteiger partial charge in [0.15, 0.2) is 5.78 Å². The zero-order chi connectivity index (χ0) is 9.30. The van der Waals surface area contributed by atoms with Crippen LogP contribution in [0.2, 0.25) is 0 Å². The van der Waals surface area contributed by atoms with Crippen LogP contribution in [0.25, 0.3) is 0 Å². The first kappa shape index (κ1) is 9.50. The normalized spacial score (nSPS) is 25.4. The highest BCUT2D eigenvalue weighted by Gasteiger charge is 2.24. The van der Waals surface area contributed by atoms with E-state index in [1.54, 1.807) is 0 Å². The lowest BCUT2D eigenvalue weighted by molar-refractivity contribution is -0.117. The molecule has 0 fully saturated rings. The van der Waals surface area contributed by atoms with E-state index in [4.69, 9.17) is 0 Å². The molecule has 0 radical (unpaired) electrons. The number of hydrogen-bond acceptors (Lipinski definition) is 1. The Morgan fingerprint density at radius 3 is 2.33 bits per heavy atom. The molecule has 0 amide bonds. The van der Waals surface area contributed by atoms with E-state index in [1.807, 2.05) is 0 Å². The molecule has 1 heteroatoms. The van der Waals surface area contributed by atoms with Gasteiger partial charge in [-0.25, -0.2) is 0 Å². The van der Waals surface area contributed by atoms with Crippen molar-refractivity contribution in [2.75, 3.05) is 0 Å². The quantitative estimate of drug-likeness (QED) is 0.585. The third-order valence-corrected chi connectivity index (χ3v) is 2.53. The third kappa shape index (κ3) is 1.77. The van der Waals surface area contributed by atoms with E-state index in [1.165, 1.54) is 5.57 Å². The van der Waals surface area contributed by atoms with Gasteiger partial charge in [-0.15, -0.1) is 0 Å². The zero-order valence-electron chi connectivity index (χ0n) is 8.48. The molecular weight excluding hydrogens is 148 g/mol. The highest BCUT2D eigenvalue weighted by atomic mass is 16.1. The number of rotatable bonds is 1. The van der Waals surface area contributed by atoms with Crippen LogP contribution in [0.5, 0.6) is 0 Å². The van der Waals surface area contributed by atoms with Crippen molar-refractivity contribution in [3.05, 3.63) is 11.1 Å². The minimum Gasteiger partial charge on any atom is -0.295 e. The van der Waals surface area contributed by atoms with Gasteiger partial charge in [-0.2, -0.15) is 0 Å². The van der Waals surface area contributed by atoms with Crippen molar-refractivity contribution in [1.29, 1.82) is 0 Å². The Morgan fingerprint density at radius 2 is 1.92 bits per heavy atom. The van der Waals surface area contributed by atoms with Crippen molar-refractivity contribution < 1.29 is 4.79 Å². The molecule has 1 rings (SSSR count). The number of ketones is 1. The lowest BCUT2D eigenvalue weighted by Crippen LogP contribution is -2.19. The van der Waals surface area contributed by atoms with E-state index in [0.717, 1.165) is 18.4 Å². The van der Waals surface area contributed by atoms with Crippen molar-refractivity contribution in [2.45, 2.75) is 40.5 Å². The van der Waals surface area contributed by atoms with Gasteiger partial charge in [0.25, 0.3) is 0 Å². The Balaban J connectivity index is 2.93. The molecule has 0 aliphatic heterocycles. The maximum atomic E-state index is 11.6. The monoisotopic (exact) mass is 166 g/mol. The van der Waals surface area contributed by atoms with Gasteiger partial charge in [0.05, 0.1) is 0 Å². The molecule has 0 aromatic rings. The van der Waals surface area contributed by atoms with E-state index in [9.17, 15) is 4.79 Å². The molecule has 0 saturated heterocycles. The van der Waals surface area contributed by atoms with Crippen LogP contribution in [0.4, 0.5) is 0 Å². The second-order valence-electron chi connectivity index (χ2n) is 4.29. The molecule has 1 aliphatic carbocycles. The average Bonchev–Trinajstić information content (AvgIpc) is 1.82. The Kier molecular flexibility index (Phi) is 2.71. The molecule has 12 heavy (non-hydrogen) atoms. The molecule has 0 heterocycles. The Hall–Kier alpha value is -0.590. The van der Waals surface area contributed by atoms with Crippen LogP contribution in [0.1, 0.15) is 40.5 Å². The lowest BCUT2D eigenvalue weighted by Gasteiger charge is -2.23. The fraction of sp³-hybridized carbons (Fsp3) is 0.727. The van der Waals surface area contributed by atoms with Gasteiger partial charge >= 0.3 is 0 Å². The first-order chi connectivity index (χ1) is 5.52. The van der Waals surface area contributed by atoms with Gasteiger partial charge in [-0.3, -0.25) is 4.79 Å². The van der Waals surface area contributed by atoms with Crippen LogP contribution in [-0.2, 0) is 4.79 Å². The first-order valence-corrected chi connectivity index (χ1v) is 4.75. The van der Waals surface area contributed by atoms with Gasteiger partial charge in [0.2, 0.25) is 0 Å². The summed E-state index contributed by atoms with van der Waals surface area (Å²) in [7, 11) is 0. The molecule has 68 valence electrons. The summed E-state index contributed by atoms with van der Waals surface area (Å²) in [5, 5.41) is 0. The van der Waals surface area contributed by atoms with Gasteiger partial charge in [-0.1, -0.05) is 26.3 Å². The second-order valence-corrected chi connectivity index (χ2v) is 4.29. The number of carbonyl (C=O) groups excluding carboxylic acids is 1. The van der Waals surface area contributed by atoms with Crippen molar-refractivity contribution in [1.82, 2.24) is 0 Å². The van der Waals surface area contributed by atoms with Crippen LogP contribution < -0.4 is 0 Å². The number of hydrogen-bond donors (Lipinski definition) is 0.